The highest BCUT2D eigenvalue weighted by Crippen LogP contribution is 2.23. The van der Waals surface area contributed by atoms with E-state index in [2.05, 4.69) is 0 Å². The second-order valence-electron chi connectivity index (χ2n) is 4.50. The van der Waals surface area contributed by atoms with Crippen LogP contribution in [0.2, 0.25) is 0 Å². The number of aromatic carboxylic acids is 1. The molecule has 3 aromatic rings. The van der Waals surface area contributed by atoms with Crippen LogP contribution in [-0.4, -0.2) is 16.9 Å². The van der Waals surface area contributed by atoms with Crippen molar-refractivity contribution >= 4 is 22.7 Å². The van der Waals surface area contributed by atoms with Gasteiger partial charge in [-0.25, -0.2) is 9.18 Å². The third kappa shape index (κ3) is 2.41. The normalized spacial score (nSPS) is 10.7. The number of fused-ring (bicyclic) bond motifs is 1. The van der Waals surface area contributed by atoms with Crippen molar-refractivity contribution < 1.29 is 23.5 Å². The lowest BCUT2D eigenvalue weighted by Gasteiger charge is -1.96. The molecule has 104 valence electrons. The van der Waals surface area contributed by atoms with Crippen LogP contribution in [0.4, 0.5) is 4.39 Å². The van der Waals surface area contributed by atoms with Crippen LogP contribution in [0.15, 0.2) is 52.9 Å². The molecule has 0 saturated heterocycles. The topological polar surface area (TPSA) is 67.5 Å². The average Bonchev–Trinajstić information content (AvgIpc) is 2.90. The van der Waals surface area contributed by atoms with Gasteiger partial charge in [-0.1, -0.05) is 0 Å². The van der Waals surface area contributed by atoms with Crippen LogP contribution in [0.25, 0.3) is 11.0 Å². The molecular formula is C16H9FO4. The second-order valence-corrected chi connectivity index (χ2v) is 4.50. The third-order valence-electron chi connectivity index (χ3n) is 3.09. The van der Waals surface area contributed by atoms with Crippen molar-refractivity contribution in [2.45, 2.75) is 0 Å². The van der Waals surface area contributed by atoms with Gasteiger partial charge in [0.2, 0.25) is 5.78 Å². The molecule has 21 heavy (non-hydrogen) atoms. The smallest absolute Gasteiger partial charge is 0.335 e. The Labute approximate surface area is 118 Å². The standard InChI is InChI=1S/C16H9FO4/c17-12-4-1-9(2-5-12)15(18)14-8-11-7-10(16(19)20)3-6-13(11)21-14/h1-8H,(H,19,20). The molecule has 0 aliphatic heterocycles. The van der Waals surface area contributed by atoms with E-state index in [4.69, 9.17) is 9.52 Å². The minimum atomic E-state index is -1.05. The summed E-state index contributed by atoms with van der Waals surface area (Å²) in [7, 11) is 0. The zero-order valence-electron chi connectivity index (χ0n) is 10.7. The maximum absolute atomic E-state index is 12.8. The summed E-state index contributed by atoms with van der Waals surface area (Å²) in [6.07, 6.45) is 0. The van der Waals surface area contributed by atoms with Crippen molar-refractivity contribution in [3.05, 3.63) is 71.2 Å². The first-order chi connectivity index (χ1) is 10.0. The Hall–Kier alpha value is -2.95. The summed E-state index contributed by atoms with van der Waals surface area (Å²) >= 11 is 0. The molecule has 5 heteroatoms. The Balaban J connectivity index is 2.02. The summed E-state index contributed by atoms with van der Waals surface area (Å²) in [5.74, 6) is -1.78. The van der Waals surface area contributed by atoms with Gasteiger partial charge in [0.1, 0.15) is 11.4 Å². The molecule has 0 radical (unpaired) electrons. The number of rotatable bonds is 3. The summed E-state index contributed by atoms with van der Waals surface area (Å²) in [6.45, 7) is 0. The monoisotopic (exact) mass is 284 g/mol. The van der Waals surface area contributed by atoms with Crippen LogP contribution in [0.3, 0.4) is 0 Å². The minimum Gasteiger partial charge on any atom is -0.478 e. The molecule has 1 aromatic heterocycles. The van der Waals surface area contributed by atoms with Gasteiger partial charge >= 0.3 is 5.97 Å². The van der Waals surface area contributed by atoms with E-state index >= 15 is 0 Å². The maximum atomic E-state index is 12.8. The molecular weight excluding hydrogens is 275 g/mol. The molecule has 2 aromatic carbocycles. The van der Waals surface area contributed by atoms with Crippen LogP contribution in [0, 0.1) is 5.82 Å². The van der Waals surface area contributed by atoms with Crippen LogP contribution in [0.5, 0.6) is 0 Å². The van der Waals surface area contributed by atoms with Gasteiger partial charge in [-0.15, -0.1) is 0 Å². The quantitative estimate of drug-likeness (QED) is 0.747. The summed E-state index contributed by atoms with van der Waals surface area (Å²) in [6, 6.07) is 10.9. The Morgan fingerprint density at radius 3 is 2.29 bits per heavy atom. The van der Waals surface area contributed by atoms with E-state index in [1.54, 1.807) is 0 Å². The Morgan fingerprint density at radius 2 is 1.62 bits per heavy atom. The predicted octanol–water partition coefficient (Wildman–Crippen LogP) is 3.50. The number of furan rings is 1. The van der Waals surface area contributed by atoms with Crippen molar-refractivity contribution in [2.24, 2.45) is 0 Å². The van der Waals surface area contributed by atoms with Gasteiger partial charge < -0.3 is 9.52 Å². The van der Waals surface area contributed by atoms with Crippen LogP contribution in [-0.2, 0) is 0 Å². The molecule has 0 amide bonds. The molecule has 0 aliphatic carbocycles. The zero-order chi connectivity index (χ0) is 15.0. The van der Waals surface area contributed by atoms with E-state index in [9.17, 15) is 14.0 Å². The van der Waals surface area contributed by atoms with E-state index in [-0.39, 0.29) is 17.1 Å². The summed E-state index contributed by atoms with van der Waals surface area (Å²) < 4.78 is 18.3. The first-order valence-electron chi connectivity index (χ1n) is 6.12. The lowest BCUT2D eigenvalue weighted by Crippen LogP contribution is -1.99. The fourth-order valence-corrected chi connectivity index (χ4v) is 2.03. The fourth-order valence-electron chi connectivity index (χ4n) is 2.03. The lowest BCUT2D eigenvalue weighted by atomic mass is 10.1. The van der Waals surface area contributed by atoms with Gasteiger partial charge in [0.05, 0.1) is 5.56 Å². The van der Waals surface area contributed by atoms with Crippen LogP contribution >= 0.6 is 0 Å². The van der Waals surface area contributed by atoms with Gasteiger partial charge in [0.25, 0.3) is 0 Å². The first kappa shape index (κ1) is 13.1. The number of ketones is 1. The Kier molecular flexibility index (Phi) is 3.02. The maximum Gasteiger partial charge on any atom is 0.335 e. The number of halogens is 1. The second kappa shape index (κ2) is 4.86. The molecule has 4 nitrogen and oxygen atoms in total. The molecule has 0 fully saturated rings. The third-order valence-corrected chi connectivity index (χ3v) is 3.09. The van der Waals surface area contributed by atoms with E-state index in [1.165, 1.54) is 48.5 Å². The largest absolute Gasteiger partial charge is 0.478 e. The first-order valence-corrected chi connectivity index (χ1v) is 6.12. The number of benzene rings is 2. The van der Waals surface area contributed by atoms with Crippen molar-refractivity contribution in [1.82, 2.24) is 0 Å². The van der Waals surface area contributed by atoms with Crippen LogP contribution in [0.1, 0.15) is 26.5 Å². The molecule has 0 spiro atoms. The molecule has 0 unspecified atom stereocenters. The molecule has 0 atom stereocenters. The lowest BCUT2D eigenvalue weighted by molar-refractivity contribution is 0.0697. The zero-order valence-corrected chi connectivity index (χ0v) is 10.7. The predicted molar refractivity (Wildman–Crippen MR) is 73.0 cm³/mol. The minimum absolute atomic E-state index is 0.0825. The summed E-state index contributed by atoms with van der Waals surface area (Å²) in [5, 5.41) is 9.46. The van der Waals surface area contributed by atoms with Gasteiger partial charge in [0, 0.05) is 10.9 Å². The molecule has 1 heterocycles. The number of carbonyl (C=O) groups is 2. The Bertz CT molecular complexity index is 846. The SMILES string of the molecule is O=C(O)c1ccc2oc(C(=O)c3ccc(F)cc3)cc2c1. The highest BCUT2D eigenvalue weighted by atomic mass is 19.1. The number of carboxylic acids is 1. The van der Waals surface area contributed by atoms with Crippen molar-refractivity contribution in [3.8, 4) is 0 Å². The van der Waals surface area contributed by atoms with Crippen molar-refractivity contribution in [1.29, 1.82) is 0 Å². The number of hydrogen-bond donors (Lipinski definition) is 1. The number of carbonyl (C=O) groups excluding carboxylic acids is 1. The van der Waals surface area contributed by atoms with E-state index < -0.39 is 11.8 Å². The number of hydrogen-bond acceptors (Lipinski definition) is 3. The number of carboxylic acid groups (broad SMARTS) is 1. The fraction of sp³-hybridized carbons (Fsp3) is 0. The molecule has 1 N–H and O–H groups in total. The van der Waals surface area contributed by atoms with Gasteiger partial charge in [-0.05, 0) is 48.5 Å². The van der Waals surface area contributed by atoms with E-state index in [0.717, 1.165) is 0 Å². The van der Waals surface area contributed by atoms with E-state index in [0.29, 0.717) is 16.5 Å². The highest BCUT2D eigenvalue weighted by molar-refractivity contribution is 6.09. The van der Waals surface area contributed by atoms with Crippen molar-refractivity contribution in [2.75, 3.05) is 0 Å². The molecule has 0 bridgehead atoms. The summed E-state index contributed by atoms with van der Waals surface area (Å²) in [5.41, 5.74) is 0.837. The van der Waals surface area contributed by atoms with Gasteiger partial charge in [0.15, 0.2) is 5.76 Å². The van der Waals surface area contributed by atoms with Crippen LogP contribution < -0.4 is 0 Å². The molecule has 0 aliphatic rings. The van der Waals surface area contributed by atoms with Gasteiger partial charge in [-0.3, -0.25) is 4.79 Å². The van der Waals surface area contributed by atoms with Gasteiger partial charge in [-0.2, -0.15) is 0 Å². The summed E-state index contributed by atoms with van der Waals surface area (Å²) in [4.78, 5) is 23.1. The average molecular weight is 284 g/mol. The molecule has 3 rings (SSSR count). The van der Waals surface area contributed by atoms with Crippen molar-refractivity contribution in [3.63, 3.8) is 0 Å². The highest BCUT2D eigenvalue weighted by Gasteiger charge is 2.15. The Morgan fingerprint density at radius 1 is 0.952 bits per heavy atom. The molecule has 0 saturated carbocycles. The van der Waals surface area contributed by atoms with E-state index in [1.807, 2.05) is 0 Å².